The van der Waals surface area contributed by atoms with E-state index in [4.69, 9.17) is 0 Å². The van der Waals surface area contributed by atoms with E-state index in [1.165, 1.54) is 18.6 Å². The van der Waals surface area contributed by atoms with Gasteiger partial charge in [0.05, 0.1) is 6.04 Å². The highest BCUT2D eigenvalue weighted by Crippen LogP contribution is 2.36. The number of amides is 1. The van der Waals surface area contributed by atoms with Gasteiger partial charge in [-0.1, -0.05) is 0 Å². The fourth-order valence-electron chi connectivity index (χ4n) is 2.28. The van der Waals surface area contributed by atoms with Crippen LogP contribution in [0, 0.1) is 0 Å². The summed E-state index contributed by atoms with van der Waals surface area (Å²) in [6, 6.07) is 0.0694. The smallest absolute Gasteiger partial charge is 0.237 e. The van der Waals surface area contributed by atoms with Crippen molar-refractivity contribution in [2.75, 3.05) is 18.8 Å². The molecule has 0 aromatic carbocycles. The van der Waals surface area contributed by atoms with Gasteiger partial charge in [-0.3, -0.25) is 4.79 Å². The Morgan fingerprint density at radius 1 is 1.60 bits per heavy atom. The van der Waals surface area contributed by atoms with Crippen LogP contribution >= 0.6 is 11.8 Å². The van der Waals surface area contributed by atoms with Gasteiger partial charge in [0.1, 0.15) is 0 Å². The molecule has 2 rings (SSSR count). The molecule has 2 aliphatic heterocycles. The monoisotopic (exact) mass is 228 g/mol. The van der Waals surface area contributed by atoms with Crippen molar-refractivity contribution in [3.63, 3.8) is 0 Å². The van der Waals surface area contributed by atoms with Crippen LogP contribution in [0.3, 0.4) is 0 Å². The van der Waals surface area contributed by atoms with Gasteiger partial charge < -0.3 is 10.6 Å². The summed E-state index contributed by atoms with van der Waals surface area (Å²) in [5.41, 5.74) is 0. The molecule has 0 spiro atoms. The van der Waals surface area contributed by atoms with E-state index in [2.05, 4.69) is 17.6 Å². The van der Waals surface area contributed by atoms with E-state index in [1.807, 2.05) is 11.8 Å². The predicted molar refractivity (Wildman–Crippen MR) is 64.1 cm³/mol. The highest BCUT2D eigenvalue weighted by Gasteiger charge is 2.31. The molecule has 2 aliphatic rings. The van der Waals surface area contributed by atoms with E-state index in [9.17, 15) is 4.79 Å². The van der Waals surface area contributed by atoms with Crippen molar-refractivity contribution in [2.45, 2.75) is 43.4 Å². The first-order chi connectivity index (χ1) is 7.20. The summed E-state index contributed by atoms with van der Waals surface area (Å²) in [5.74, 6) is 1.44. The molecule has 2 heterocycles. The molecule has 0 bridgehead atoms. The van der Waals surface area contributed by atoms with Gasteiger partial charge in [0, 0.05) is 11.3 Å². The van der Waals surface area contributed by atoms with Gasteiger partial charge in [0.25, 0.3) is 0 Å². The average Bonchev–Trinajstić information content (AvgIpc) is 2.85. The van der Waals surface area contributed by atoms with E-state index in [-0.39, 0.29) is 16.7 Å². The Kier molecular flexibility index (Phi) is 3.57. The zero-order chi connectivity index (χ0) is 10.7. The molecule has 0 radical (unpaired) electrons. The summed E-state index contributed by atoms with van der Waals surface area (Å²) < 4.78 is 0.286. The number of hydrogen-bond donors (Lipinski definition) is 2. The molecule has 0 aliphatic carbocycles. The van der Waals surface area contributed by atoms with Crippen molar-refractivity contribution in [2.24, 2.45) is 0 Å². The van der Waals surface area contributed by atoms with Crippen LogP contribution in [0.25, 0.3) is 0 Å². The Balaban J connectivity index is 1.74. The molecule has 0 saturated carbocycles. The zero-order valence-corrected chi connectivity index (χ0v) is 10.2. The first-order valence-corrected chi connectivity index (χ1v) is 6.83. The molecule has 0 aromatic heterocycles. The normalized spacial score (nSPS) is 35.7. The summed E-state index contributed by atoms with van der Waals surface area (Å²) in [5, 5.41) is 6.31. The quantitative estimate of drug-likeness (QED) is 0.761. The third kappa shape index (κ3) is 2.88. The van der Waals surface area contributed by atoms with Gasteiger partial charge in [0.2, 0.25) is 5.91 Å². The fraction of sp³-hybridized carbons (Fsp3) is 0.909. The Hall–Kier alpha value is -0.220. The molecule has 86 valence electrons. The van der Waals surface area contributed by atoms with Crippen LogP contribution in [0.5, 0.6) is 0 Å². The minimum Gasteiger partial charge on any atom is -0.353 e. The molecule has 2 fully saturated rings. The third-order valence-electron chi connectivity index (χ3n) is 3.31. The molecule has 0 aromatic rings. The van der Waals surface area contributed by atoms with Crippen molar-refractivity contribution in [3.8, 4) is 0 Å². The first-order valence-electron chi connectivity index (χ1n) is 5.85. The molecule has 2 atom stereocenters. The molecule has 2 unspecified atom stereocenters. The second-order valence-corrected chi connectivity index (χ2v) is 6.45. The molecule has 15 heavy (non-hydrogen) atoms. The van der Waals surface area contributed by atoms with Crippen LogP contribution < -0.4 is 10.6 Å². The maximum Gasteiger partial charge on any atom is 0.237 e. The lowest BCUT2D eigenvalue weighted by molar-refractivity contribution is -0.122. The van der Waals surface area contributed by atoms with Crippen LogP contribution in [0.4, 0.5) is 0 Å². The minimum atomic E-state index is 0.0694. The van der Waals surface area contributed by atoms with E-state index >= 15 is 0 Å². The zero-order valence-electron chi connectivity index (χ0n) is 9.34. The Morgan fingerprint density at radius 2 is 2.47 bits per heavy atom. The van der Waals surface area contributed by atoms with Gasteiger partial charge in [-0.2, -0.15) is 11.8 Å². The topological polar surface area (TPSA) is 41.1 Å². The molecular weight excluding hydrogens is 208 g/mol. The van der Waals surface area contributed by atoms with E-state index in [1.54, 1.807) is 0 Å². The minimum absolute atomic E-state index is 0.0694. The second-order valence-electron chi connectivity index (χ2n) is 4.77. The van der Waals surface area contributed by atoms with Gasteiger partial charge in [0.15, 0.2) is 0 Å². The van der Waals surface area contributed by atoms with Crippen molar-refractivity contribution < 1.29 is 4.79 Å². The summed E-state index contributed by atoms with van der Waals surface area (Å²) >= 11 is 1.99. The molecule has 4 heteroatoms. The Morgan fingerprint density at radius 3 is 3.07 bits per heavy atom. The SMILES string of the molecule is CC1(CNC(=O)C2CCCN2)CCCS1. The third-order valence-corrected chi connectivity index (χ3v) is 4.85. The Bertz CT molecular complexity index is 233. The number of thioether (sulfide) groups is 1. The average molecular weight is 228 g/mol. The van der Waals surface area contributed by atoms with Gasteiger partial charge >= 0.3 is 0 Å². The molecular formula is C11H20N2OS. The summed E-state index contributed by atoms with van der Waals surface area (Å²) in [4.78, 5) is 11.8. The van der Waals surface area contributed by atoms with E-state index in [0.717, 1.165) is 25.9 Å². The van der Waals surface area contributed by atoms with Crippen LogP contribution in [0.2, 0.25) is 0 Å². The summed E-state index contributed by atoms with van der Waals surface area (Å²) in [7, 11) is 0. The van der Waals surface area contributed by atoms with Crippen LogP contribution in [0.15, 0.2) is 0 Å². The Labute approximate surface area is 95.8 Å². The lowest BCUT2D eigenvalue weighted by Gasteiger charge is -2.23. The lowest BCUT2D eigenvalue weighted by atomic mass is 10.1. The number of rotatable bonds is 3. The highest BCUT2D eigenvalue weighted by molar-refractivity contribution is 8.00. The first kappa shape index (κ1) is 11.3. The van der Waals surface area contributed by atoms with Gasteiger partial charge in [-0.15, -0.1) is 0 Å². The van der Waals surface area contributed by atoms with Crippen molar-refractivity contribution >= 4 is 17.7 Å². The second kappa shape index (κ2) is 4.74. The van der Waals surface area contributed by atoms with Gasteiger partial charge in [-0.05, 0) is 44.9 Å². The lowest BCUT2D eigenvalue weighted by Crippen LogP contribution is -2.45. The molecule has 3 nitrogen and oxygen atoms in total. The van der Waals surface area contributed by atoms with E-state index < -0.39 is 0 Å². The number of carbonyl (C=O) groups excluding carboxylic acids is 1. The standard InChI is InChI=1S/C11H20N2OS/c1-11(5-3-7-15-11)8-13-10(14)9-4-2-6-12-9/h9,12H,2-8H2,1H3,(H,13,14). The maximum absolute atomic E-state index is 11.8. The van der Waals surface area contributed by atoms with Crippen LogP contribution in [-0.2, 0) is 4.79 Å². The summed E-state index contributed by atoms with van der Waals surface area (Å²) in [6.45, 7) is 4.08. The number of hydrogen-bond acceptors (Lipinski definition) is 3. The van der Waals surface area contributed by atoms with E-state index in [0.29, 0.717) is 0 Å². The van der Waals surface area contributed by atoms with Crippen molar-refractivity contribution in [1.29, 1.82) is 0 Å². The molecule has 2 saturated heterocycles. The molecule has 2 N–H and O–H groups in total. The maximum atomic E-state index is 11.8. The predicted octanol–water partition coefficient (Wildman–Crippen LogP) is 1.14. The number of carbonyl (C=O) groups is 1. The number of nitrogens with one attached hydrogen (secondary N) is 2. The largest absolute Gasteiger partial charge is 0.353 e. The highest BCUT2D eigenvalue weighted by atomic mass is 32.2. The van der Waals surface area contributed by atoms with Crippen molar-refractivity contribution in [3.05, 3.63) is 0 Å². The van der Waals surface area contributed by atoms with Crippen molar-refractivity contribution in [1.82, 2.24) is 10.6 Å². The molecule has 1 amide bonds. The van der Waals surface area contributed by atoms with Crippen LogP contribution in [-0.4, -0.2) is 35.5 Å². The summed E-state index contributed by atoms with van der Waals surface area (Å²) in [6.07, 6.45) is 4.65. The fourth-order valence-corrected chi connectivity index (χ4v) is 3.53. The van der Waals surface area contributed by atoms with Gasteiger partial charge in [-0.25, -0.2) is 0 Å². The van der Waals surface area contributed by atoms with Crippen LogP contribution in [0.1, 0.15) is 32.6 Å².